The maximum atomic E-state index is 13.5. The standard InChI is InChI=1S/C15H11FN2O2S/c16-12-6-1-2-7-13(12)21-9-14-17-15(20-18-14)10-4-3-5-11(19)8-10/h1-8,19H,9H2. The van der Waals surface area contributed by atoms with Crippen LogP contribution in [0.15, 0.2) is 57.9 Å². The van der Waals surface area contributed by atoms with E-state index >= 15 is 0 Å². The van der Waals surface area contributed by atoms with Crippen molar-refractivity contribution in [2.45, 2.75) is 10.6 Å². The van der Waals surface area contributed by atoms with Crippen molar-refractivity contribution in [1.29, 1.82) is 0 Å². The van der Waals surface area contributed by atoms with E-state index in [1.54, 1.807) is 42.5 Å². The van der Waals surface area contributed by atoms with Crippen LogP contribution in [-0.4, -0.2) is 15.2 Å². The van der Waals surface area contributed by atoms with E-state index in [0.29, 0.717) is 27.9 Å². The van der Waals surface area contributed by atoms with Gasteiger partial charge < -0.3 is 9.63 Å². The summed E-state index contributed by atoms with van der Waals surface area (Å²) in [7, 11) is 0. The number of halogens is 1. The summed E-state index contributed by atoms with van der Waals surface area (Å²) < 4.78 is 18.6. The summed E-state index contributed by atoms with van der Waals surface area (Å²) in [6, 6.07) is 13.1. The molecule has 3 rings (SSSR count). The number of nitrogens with zero attached hydrogens (tertiary/aromatic N) is 2. The molecule has 0 aliphatic rings. The summed E-state index contributed by atoms with van der Waals surface area (Å²) >= 11 is 1.30. The normalized spacial score (nSPS) is 10.7. The van der Waals surface area contributed by atoms with Gasteiger partial charge in [0.2, 0.25) is 0 Å². The van der Waals surface area contributed by atoms with Gasteiger partial charge in [0.25, 0.3) is 5.89 Å². The molecule has 2 aromatic carbocycles. The molecule has 0 bridgehead atoms. The summed E-state index contributed by atoms with van der Waals surface area (Å²) in [4.78, 5) is 4.78. The van der Waals surface area contributed by atoms with Gasteiger partial charge in [-0.05, 0) is 30.3 Å². The number of benzene rings is 2. The lowest BCUT2D eigenvalue weighted by Crippen LogP contribution is -1.86. The number of aromatic nitrogens is 2. The Morgan fingerprint density at radius 1 is 1.14 bits per heavy atom. The lowest BCUT2D eigenvalue weighted by molar-refractivity contribution is 0.424. The number of hydrogen-bond acceptors (Lipinski definition) is 5. The Morgan fingerprint density at radius 2 is 2.00 bits per heavy atom. The van der Waals surface area contributed by atoms with Gasteiger partial charge in [0, 0.05) is 10.5 Å². The Hall–Kier alpha value is -2.34. The van der Waals surface area contributed by atoms with E-state index in [0.717, 1.165) is 0 Å². The quantitative estimate of drug-likeness (QED) is 0.741. The lowest BCUT2D eigenvalue weighted by Gasteiger charge is -1.99. The van der Waals surface area contributed by atoms with Crippen LogP contribution in [0.4, 0.5) is 4.39 Å². The van der Waals surface area contributed by atoms with Crippen LogP contribution in [0, 0.1) is 5.82 Å². The molecule has 6 heteroatoms. The molecule has 0 saturated heterocycles. The molecule has 0 fully saturated rings. The largest absolute Gasteiger partial charge is 0.508 e. The minimum absolute atomic E-state index is 0.132. The Kier molecular flexibility index (Phi) is 3.87. The van der Waals surface area contributed by atoms with E-state index in [9.17, 15) is 9.50 Å². The Bertz CT molecular complexity index is 761. The Balaban J connectivity index is 1.72. The third-order valence-electron chi connectivity index (χ3n) is 2.75. The highest BCUT2D eigenvalue weighted by molar-refractivity contribution is 7.98. The van der Waals surface area contributed by atoms with E-state index < -0.39 is 0 Å². The average Bonchev–Trinajstić information content (AvgIpc) is 2.95. The average molecular weight is 302 g/mol. The van der Waals surface area contributed by atoms with Crippen molar-refractivity contribution < 1.29 is 14.0 Å². The third kappa shape index (κ3) is 3.22. The zero-order valence-corrected chi connectivity index (χ0v) is 11.7. The van der Waals surface area contributed by atoms with Gasteiger partial charge in [-0.25, -0.2) is 4.39 Å². The number of hydrogen-bond donors (Lipinski definition) is 1. The molecule has 0 aliphatic carbocycles. The minimum atomic E-state index is -0.265. The topological polar surface area (TPSA) is 59.2 Å². The van der Waals surface area contributed by atoms with Crippen LogP contribution in [0.3, 0.4) is 0 Å². The highest BCUT2D eigenvalue weighted by atomic mass is 32.2. The molecule has 3 aromatic rings. The van der Waals surface area contributed by atoms with Gasteiger partial charge in [-0.15, -0.1) is 11.8 Å². The summed E-state index contributed by atoms with van der Waals surface area (Å²) in [5.41, 5.74) is 0.643. The maximum absolute atomic E-state index is 13.5. The molecule has 0 radical (unpaired) electrons. The zero-order valence-electron chi connectivity index (χ0n) is 10.9. The highest BCUT2D eigenvalue weighted by Crippen LogP contribution is 2.26. The van der Waals surface area contributed by atoms with Crippen LogP contribution in [0.2, 0.25) is 0 Å². The molecule has 1 heterocycles. The van der Waals surface area contributed by atoms with Crippen molar-refractivity contribution >= 4 is 11.8 Å². The first kappa shape index (κ1) is 13.6. The van der Waals surface area contributed by atoms with Crippen molar-refractivity contribution in [3.8, 4) is 17.2 Å². The molecule has 0 amide bonds. The second kappa shape index (κ2) is 5.97. The molecule has 0 atom stereocenters. The predicted octanol–water partition coefficient (Wildman–Crippen LogP) is 3.87. The first-order valence-corrected chi connectivity index (χ1v) is 7.20. The van der Waals surface area contributed by atoms with Gasteiger partial charge in [0.15, 0.2) is 5.82 Å². The number of phenols is 1. The number of thioether (sulfide) groups is 1. The fourth-order valence-electron chi connectivity index (χ4n) is 1.77. The number of aromatic hydroxyl groups is 1. The van der Waals surface area contributed by atoms with Crippen molar-refractivity contribution in [3.63, 3.8) is 0 Å². The van der Waals surface area contributed by atoms with Crippen molar-refractivity contribution in [2.24, 2.45) is 0 Å². The second-order valence-corrected chi connectivity index (χ2v) is 5.30. The zero-order chi connectivity index (χ0) is 14.7. The molecule has 1 N–H and O–H groups in total. The number of rotatable bonds is 4. The molecule has 0 saturated carbocycles. The lowest BCUT2D eigenvalue weighted by atomic mass is 10.2. The molecular weight excluding hydrogens is 291 g/mol. The summed E-state index contributed by atoms with van der Waals surface area (Å²) in [5, 5.41) is 13.3. The van der Waals surface area contributed by atoms with Crippen LogP contribution in [-0.2, 0) is 5.75 Å². The summed E-state index contributed by atoms with van der Waals surface area (Å²) in [6.07, 6.45) is 0. The third-order valence-corrected chi connectivity index (χ3v) is 3.80. The fraction of sp³-hybridized carbons (Fsp3) is 0.0667. The van der Waals surface area contributed by atoms with E-state index in [4.69, 9.17) is 4.52 Å². The van der Waals surface area contributed by atoms with Crippen LogP contribution >= 0.6 is 11.8 Å². The molecule has 0 spiro atoms. The van der Waals surface area contributed by atoms with Crippen LogP contribution in [0.5, 0.6) is 5.75 Å². The van der Waals surface area contributed by atoms with E-state index in [-0.39, 0.29) is 11.6 Å². The van der Waals surface area contributed by atoms with E-state index in [1.807, 2.05) is 0 Å². The van der Waals surface area contributed by atoms with Crippen molar-refractivity contribution in [1.82, 2.24) is 10.1 Å². The van der Waals surface area contributed by atoms with Crippen LogP contribution in [0.1, 0.15) is 5.82 Å². The first-order valence-electron chi connectivity index (χ1n) is 6.22. The monoisotopic (exact) mass is 302 g/mol. The van der Waals surface area contributed by atoms with E-state index in [1.165, 1.54) is 17.8 Å². The smallest absolute Gasteiger partial charge is 0.258 e. The van der Waals surface area contributed by atoms with Crippen LogP contribution < -0.4 is 0 Å². The van der Waals surface area contributed by atoms with Gasteiger partial charge in [-0.3, -0.25) is 0 Å². The molecule has 4 nitrogen and oxygen atoms in total. The Morgan fingerprint density at radius 3 is 2.81 bits per heavy atom. The predicted molar refractivity (Wildman–Crippen MR) is 77.4 cm³/mol. The molecule has 21 heavy (non-hydrogen) atoms. The molecule has 0 unspecified atom stereocenters. The SMILES string of the molecule is Oc1cccc(-c2nc(CSc3ccccc3F)no2)c1. The Labute approximate surface area is 124 Å². The highest BCUT2D eigenvalue weighted by Gasteiger charge is 2.10. The second-order valence-electron chi connectivity index (χ2n) is 4.29. The van der Waals surface area contributed by atoms with Crippen molar-refractivity contribution in [2.75, 3.05) is 0 Å². The minimum Gasteiger partial charge on any atom is -0.508 e. The van der Waals surface area contributed by atoms with Gasteiger partial charge in [-0.2, -0.15) is 4.98 Å². The molecular formula is C15H11FN2O2S. The first-order chi connectivity index (χ1) is 10.2. The van der Waals surface area contributed by atoms with Gasteiger partial charge in [0.05, 0.1) is 5.75 Å². The van der Waals surface area contributed by atoms with Gasteiger partial charge in [0.1, 0.15) is 11.6 Å². The fourth-order valence-corrected chi connectivity index (χ4v) is 2.56. The van der Waals surface area contributed by atoms with Gasteiger partial charge >= 0.3 is 0 Å². The molecule has 106 valence electrons. The maximum Gasteiger partial charge on any atom is 0.258 e. The van der Waals surface area contributed by atoms with Crippen LogP contribution in [0.25, 0.3) is 11.5 Å². The molecule has 0 aliphatic heterocycles. The molecule has 1 aromatic heterocycles. The summed E-state index contributed by atoms with van der Waals surface area (Å²) in [5.74, 6) is 1.08. The van der Waals surface area contributed by atoms with E-state index in [2.05, 4.69) is 10.1 Å². The van der Waals surface area contributed by atoms with Crippen molar-refractivity contribution in [3.05, 3.63) is 60.2 Å². The number of phenolic OH excluding ortho intramolecular Hbond substituents is 1. The summed E-state index contributed by atoms with van der Waals surface area (Å²) in [6.45, 7) is 0. The van der Waals surface area contributed by atoms with Gasteiger partial charge in [-0.1, -0.05) is 23.4 Å².